The van der Waals surface area contributed by atoms with Gasteiger partial charge in [0.05, 0.1) is 40.8 Å². The normalized spacial score (nSPS) is 11.7. The number of carbonyl (C=O) groups excluding carboxylic acids is 1. The van der Waals surface area contributed by atoms with E-state index < -0.39 is 17.7 Å². The van der Waals surface area contributed by atoms with Crippen molar-refractivity contribution in [3.8, 4) is 0 Å². The van der Waals surface area contributed by atoms with E-state index in [9.17, 15) is 18.0 Å². The molecule has 2 heterocycles. The maximum Gasteiger partial charge on any atom is 0.417 e. The fourth-order valence-corrected chi connectivity index (χ4v) is 4.26. The molecule has 164 valence electrons. The van der Waals surface area contributed by atoms with Gasteiger partial charge in [0.1, 0.15) is 5.03 Å². The van der Waals surface area contributed by atoms with Crippen LogP contribution >= 0.6 is 23.4 Å². The third-order valence-corrected chi connectivity index (χ3v) is 6.04. The maximum absolute atomic E-state index is 12.9. The summed E-state index contributed by atoms with van der Waals surface area (Å²) in [7, 11) is 1.31. The Kier molecular flexibility index (Phi) is 6.12. The van der Waals surface area contributed by atoms with E-state index in [1.807, 2.05) is 34.9 Å². The minimum absolute atomic E-state index is 0.115. The number of nitrogens with zero attached hydrogens (tertiary/aromatic N) is 3. The lowest BCUT2D eigenvalue weighted by Gasteiger charge is -2.11. The first-order valence-electron chi connectivity index (χ1n) is 9.29. The Morgan fingerprint density at radius 1 is 1.16 bits per heavy atom. The van der Waals surface area contributed by atoms with Crippen molar-refractivity contribution >= 4 is 40.4 Å². The summed E-state index contributed by atoms with van der Waals surface area (Å²) in [5, 5.41) is 0.597. The lowest BCUT2D eigenvalue weighted by atomic mass is 10.1. The summed E-state index contributed by atoms with van der Waals surface area (Å²) in [5.74, 6) is -0.447. The van der Waals surface area contributed by atoms with Crippen molar-refractivity contribution in [2.45, 2.75) is 22.9 Å². The van der Waals surface area contributed by atoms with Gasteiger partial charge in [-0.15, -0.1) is 0 Å². The second-order valence-corrected chi connectivity index (χ2v) is 8.14. The molecule has 2 aromatic heterocycles. The quantitative estimate of drug-likeness (QED) is 0.325. The van der Waals surface area contributed by atoms with E-state index in [4.69, 9.17) is 16.3 Å². The molecular weight excluding hydrogens is 463 g/mol. The average Bonchev–Trinajstić information content (AvgIpc) is 3.11. The second-order valence-electron chi connectivity index (χ2n) is 6.77. The van der Waals surface area contributed by atoms with E-state index in [-0.39, 0.29) is 10.0 Å². The van der Waals surface area contributed by atoms with Gasteiger partial charge in [-0.1, -0.05) is 35.9 Å². The topological polar surface area (TPSA) is 57.0 Å². The zero-order valence-electron chi connectivity index (χ0n) is 16.6. The number of rotatable bonds is 5. The van der Waals surface area contributed by atoms with E-state index in [0.717, 1.165) is 35.1 Å². The lowest BCUT2D eigenvalue weighted by Crippen LogP contribution is -2.06. The highest BCUT2D eigenvalue weighted by molar-refractivity contribution is 7.99. The van der Waals surface area contributed by atoms with Crippen LogP contribution in [-0.4, -0.2) is 27.6 Å². The van der Waals surface area contributed by atoms with Crippen molar-refractivity contribution in [1.29, 1.82) is 0 Å². The number of benzene rings is 2. The number of pyridine rings is 1. The first-order chi connectivity index (χ1) is 15.3. The van der Waals surface area contributed by atoms with Crippen molar-refractivity contribution in [3.05, 3.63) is 82.5 Å². The Hall–Kier alpha value is -3.04. The number of para-hydroxylation sites is 2. The van der Waals surface area contributed by atoms with E-state index in [1.54, 1.807) is 18.2 Å². The zero-order valence-corrected chi connectivity index (χ0v) is 18.1. The summed E-state index contributed by atoms with van der Waals surface area (Å²) in [6.45, 7) is 0.367. The molecule has 32 heavy (non-hydrogen) atoms. The fourth-order valence-electron chi connectivity index (χ4n) is 3.12. The molecule has 0 aliphatic heterocycles. The van der Waals surface area contributed by atoms with Gasteiger partial charge in [-0.2, -0.15) is 13.2 Å². The van der Waals surface area contributed by atoms with Crippen LogP contribution in [0.15, 0.2) is 71.0 Å². The molecule has 0 atom stereocenters. The van der Waals surface area contributed by atoms with Gasteiger partial charge in [-0.3, -0.25) is 0 Å². The smallest absolute Gasteiger partial charge is 0.417 e. The molecule has 0 unspecified atom stereocenters. The SMILES string of the molecule is COC(=O)c1cccc(Cn2c(Sc3ncc(C(F)(F)F)cc3Cl)nc3ccccc32)c1. The van der Waals surface area contributed by atoms with Crippen molar-refractivity contribution in [3.63, 3.8) is 0 Å². The number of fused-ring (bicyclic) bond motifs is 1. The minimum atomic E-state index is -4.53. The first kappa shape index (κ1) is 22.2. The van der Waals surface area contributed by atoms with Crippen LogP contribution in [0.3, 0.4) is 0 Å². The molecule has 0 bridgehead atoms. The average molecular weight is 478 g/mol. The lowest BCUT2D eigenvalue weighted by molar-refractivity contribution is -0.137. The fraction of sp³-hybridized carbons (Fsp3) is 0.136. The van der Waals surface area contributed by atoms with E-state index in [2.05, 4.69) is 9.97 Å². The molecule has 0 saturated heterocycles. The summed E-state index contributed by atoms with van der Waals surface area (Å²) in [6, 6.07) is 15.3. The largest absolute Gasteiger partial charge is 0.465 e. The van der Waals surface area contributed by atoms with E-state index in [0.29, 0.717) is 22.8 Å². The van der Waals surface area contributed by atoms with Gasteiger partial charge in [0, 0.05) is 6.20 Å². The van der Waals surface area contributed by atoms with Gasteiger partial charge in [-0.25, -0.2) is 14.8 Å². The van der Waals surface area contributed by atoms with Gasteiger partial charge >= 0.3 is 12.1 Å². The van der Waals surface area contributed by atoms with Crippen LogP contribution in [0.5, 0.6) is 0 Å². The summed E-state index contributed by atoms with van der Waals surface area (Å²) in [6.07, 6.45) is -3.78. The molecule has 4 aromatic rings. The highest BCUT2D eigenvalue weighted by Crippen LogP contribution is 2.37. The summed E-state index contributed by atoms with van der Waals surface area (Å²) < 4.78 is 45.5. The standard InChI is InChI=1S/C22H15ClF3N3O2S/c1-31-20(30)14-6-4-5-13(9-14)12-29-18-8-3-2-7-17(18)28-21(29)32-19-16(23)10-15(11-27-19)22(24,25)26/h2-11H,12H2,1H3. The van der Waals surface area contributed by atoms with Crippen molar-refractivity contribution in [2.24, 2.45) is 0 Å². The Bertz CT molecular complexity index is 1310. The van der Waals surface area contributed by atoms with Gasteiger partial charge in [0.25, 0.3) is 0 Å². The first-order valence-corrected chi connectivity index (χ1v) is 10.5. The third kappa shape index (κ3) is 4.58. The number of alkyl halides is 3. The Balaban J connectivity index is 1.72. The summed E-state index contributed by atoms with van der Waals surface area (Å²) >= 11 is 7.17. The molecule has 2 aromatic carbocycles. The predicted octanol–water partition coefficient (Wildman–Crippen LogP) is 6.09. The monoisotopic (exact) mass is 477 g/mol. The van der Waals surface area contributed by atoms with Crippen LogP contribution in [0.1, 0.15) is 21.5 Å². The number of aromatic nitrogens is 3. The van der Waals surface area contributed by atoms with E-state index >= 15 is 0 Å². The third-order valence-electron chi connectivity index (χ3n) is 4.63. The van der Waals surface area contributed by atoms with Crippen LogP contribution in [0.4, 0.5) is 13.2 Å². The molecule has 0 fully saturated rings. The predicted molar refractivity (Wildman–Crippen MR) is 115 cm³/mol. The number of ether oxygens (including phenoxy) is 1. The van der Waals surface area contributed by atoms with Crippen molar-refractivity contribution < 1.29 is 22.7 Å². The highest BCUT2D eigenvalue weighted by Gasteiger charge is 2.31. The summed E-state index contributed by atoms with van der Waals surface area (Å²) in [5.41, 5.74) is 1.85. The number of carbonyl (C=O) groups is 1. The van der Waals surface area contributed by atoms with Crippen molar-refractivity contribution in [1.82, 2.24) is 14.5 Å². The number of halogens is 4. The second kappa shape index (κ2) is 8.84. The van der Waals surface area contributed by atoms with Gasteiger partial charge in [0.15, 0.2) is 5.16 Å². The molecule has 10 heteroatoms. The van der Waals surface area contributed by atoms with Crippen molar-refractivity contribution in [2.75, 3.05) is 7.11 Å². The van der Waals surface area contributed by atoms with Crippen LogP contribution in [0.2, 0.25) is 5.02 Å². The van der Waals surface area contributed by atoms with E-state index in [1.165, 1.54) is 7.11 Å². The van der Waals surface area contributed by atoms with Gasteiger partial charge < -0.3 is 9.30 Å². The molecule has 0 aliphatic rings. The molecule has 0 N–H and O–H groups in total. The van der Waals surface area contributed by atoms with Gasteiger partial charge in [-0.05, 0) is 47.7 Å². The molecular formula is C22H15ClF3N3O2S. The molecule has 0 amide bonds. The number of imidazole rings is 1. The summed E-state index contributed by atoms with van der Waals surface area (Å²) in [4.78, 5) is 20.4. The number of hydrogen-bond donors (Lipinski definition) is 0. The number of hydrogen-bond acceptors (Lipinski definition) is 5. The van der Waals surface area contributed by atoms with Gasteiger partial charge in [0.2, 0.25) is 0 Å². The van der Waals surface area contributed by atoms with Crippen LogP contribution < -0.4 is 0 Å². The molecule has 0 saturated carbocycles. The molecule has 0 aliphatic carbocycles. The zero-order chi connectivity index (χ0) is 22.9. The molecule has 5 nitrogen and oxygen atoms in total. The van der Waals surface area contributed by atoms with Crippen LogP contribution in [-0.2, 0) is 17.5 Å². The van der Waals surface area contributed by atoms with Crippen LogP contribution in [0.25, 0.3) is 11.0 Å². The van der Waals surface area contributed by atoms with Crippen LogP contribution in [0, 0.1) is 0 Å². The molecule has 0 spiro atoms. The highest BCUT2D eigenvalue weighted by atomic mass is 35.5. The molecule has 4 rings (SSSR count). The Morgan fingerprint density at radius 2 is 1.94 bits per heavy atom. The number of methoxy groups -OCH3 is 1. The Morgan fingerprint density at radius 3 is 2.66 bits per heavy atom. The maximum atomic E-state index is 12.9. The molecule has 0 radical (unpaired) electrons. The minimum Gasteiger partial charge on any atom is -0.465 e. The number of esters is 1. The Labute approximate surface area is 190 Å².